The van der Waals surface area contributed by atoms with Crippen LogP contribution in [0.5, 0.6) is 0 Å². The first-order valence-electron chi connectivity index (χ1n) is 6.44. The van der Waals surface area contributed by atoms with Crippen LogP contribution in [0.2, 0.25) is 0 Å². The number of esters is 1. The summed E-state index contributed by atoms with van der Waals surface area (Å²) in [5.74, 6) is -0.434. The minimum atomic E-state index is -0.394. The van der Waals surface area contributed by atoms with E-state index < -0.39 is 5.92 Å². The van der Waals surface area contributed by atoms with E-state index in [-0.39, 0.29) is 18.3 Å². The van der Waals surface area contributed by atoms with Gasteiger partial charge in [-0.2, -0.15) is 10.1 Å². The van der Waals surface area contributed by atoms with Gasteiger partial charge in [-0.05, 0) is 20.3 Å². The van der Waals surface area contributed by atoms with Gasteiger partial charge in [0.25, 0.3) is 5.91 Å². The van der Waals surface area contributed by atoms with Gasteiger partial charge >= 0.3 is 5.97 Å². The highest BCUT2D eigenvalue weighted by atomic mass is 16.5. The van der Waals surface area contributed by atoms with Crippen LogP contribution in [0.3, 0.4) is 0 Å². The number of hydrogen-bond donors (Lipinski definition) is 0. The molecule has 2 rings (SSSR count). The summed E-state index contributed by atoms with van der Waals surface area (Å²) in [6.07, 6.45) is 3.51. The van der Waals surface area contributed by atoms with Gasteiger partial charge in [0, 0.05) is 24.4 Å². The maximum absolute atomic E-state index is 12.3. The lowest BCUT2D eigenvalue weighted by Gasteiger charge is -2.12. The lowest BCUT2D eigenvalue weighted by molar-refractivity contribution is -0.143. The van der Waals surface area contributed by atoms with E-state index in [0.29, 0.717) is 24.6 Å². The van der Waals surface area contributed by atoms with E-state index in [9.17, 15) is 9.59 Å². The molecule has 2 heterocycles. The summed E-state index contributed by atoms with van der Waals surface area (Å²) in [5.41, 5.74) is 0.679. The largest absolute Gasteiger partial charge is 0.466 e. The highest BCUT2D eigenvalue weighted by molar-refractivity contribution is 6.14. The zero-order valence-electron chi connectivity index (χ0n) is 11.4. The SMILES string of the molecule is CCOC(=O)CCC1C(=O)N(c2ccncn2)N=C1C. The van der Waals surface area contributed by atoms with Gasteiger partial charge in [-0.15, -0.1) is 0 Å². The number of nitrogens with zero attached hydrogens (tertiary/aromatic N) is 4. The number of hydrazone groups is 1. The van der Waals surface area contributed by atoms with Gasteiger partial charge < -0.3 is 4.74 Å². The summed E-state index contributed by atoms with van der Waals surface area (Å²) in [7, 11) is 0. The Balaban J connectivity index is 2.02. The number of amides is 1. The molecule has 20 heavy (non-hydrogen) atoms. The average molecular weight is 276 g/mol. The molecule has 0 spiro atoms. The Labute approximate surface area is 116 Å². The van der Waals surface area contributed by atoms with E-state index in [0.717, 1.165) is 0 Å². The normalized spacial score (nSPS) is 18.1. The smallest absolute Gasteiger partial charge is 0.305 e. The van der Waals surface area contributed by atoms with Crippen molar-refractivity contribution in [3.63, 3.8) is 0 Å². The fourth-order valence-electron chi connectivity index (χ4n) is 2.00. The Morgan fingerprint density at radius 2 is 2.30 bits per heavy atom. The van der Waals surface area contributed by atoms with E-state index in [1.165, 1.54) is 11.3 Å². The zero-order chi connectivity index (χ0) is 14.5. The molecule has 1 aromatic rings. The fraction of sp³-hybridized carbons (Fsp3) is 0.462. The van der Waals surface area contributed by atoms with Gasteiger partial charge in [0.2, 0.25) is 0 Å². The van der Waals surface area contributed by atoms with Crippen LogP contribution in [0.15, 0.2) is 23.7 Å². The molecule has 1 aromatic heterocycles. The Bertz CT molecular complexity index is 530. The molecule has 0 saturated carbocycles. The molecular formula is C13H16N4O3. The van der Waals surface area contributed by atoms with E-state index in [2.05, 4.69) is 15.1 Å². The van der Waals surface area contributed by atoms with Crippen LogP contribution in [-0.4, -0.2) is 34.2 Å². The van der Waals surface area contributed by atoms with Crippen LogP contribution in [0.25, 0.3) is 0 Å². The predicted molar refractivity (Wildman–Crippen MR) is 72.0 cm³/mol. The van der Waals surface area contributed by atoms with Crippen LogP contribution >= 0.6 is 0 Å². The third kappa shape index (κ3) is 2.98. The predicted octanol–water partition coefficient (Wildman–Crippen LogP) is 1.16. The molecule has 1 unspecified atom stereocenters. The molecule has 0 bridgehead atoms. The van der Waals surface area contributed by atoms with Crippen molar-refractivity contribution in [2.45, 2.75) is 26.7 Å². The Morgan fingerprint density at radius 1 is 1.50 bits per heavy atom. The lowest BCUT2D eigenvalue weighted by Crippen LogP contribution is -2.28. The first-order chi connectivity index (χ1) is 9.63. The molecule has 0 saturated heterocycles. The summed E-state index contributed by atoms with van der Waals surface area (Å²) >= 11 is 0. The summed E-state index contributed by atoms with van der Waals surface area (Å²) in [5, 5.41) is 5.46. The third-order valence-electron chi connectivity index (χ3n) is 2.99. The van der Waals surface area contributed by atoms with Crippen LogP contribution in [0.4, 0.5) is 5.82 Å². The van der Waals surface area contributed by atoms with E-state index in [1.807, 2.05) is 0 Å². The number of hydrogen-bond acceptors (Lipinski definition) is 6. The summed E-state index contributed by atoms with van der Waals surface area (Å²) < 4.78 is 4.86. The molecule has 1 amide bonds. The molecule has 7 nitrogen and oxygen atoms in total. The third-order valence-corrected chi connectivity index (χ3v) is 2.99. The molecule has 0 aliphatic carbocycles. The molecule has 0 fully saturated rings. The molecular weight excluding hydrogens is 260 g/mol. The van der Waals surface area contributed by atoms with E-state index in [1.54, 1.807) is 26.1 Å². The molecule has 0 aromatic carbocycles. The number of anilines is 1. The number of carbonyl (C=O) groups excluding carboxylic acids is 2. The maximum Gasteiger partial charge on any atom is 0.305 e. The summed E-state index contributed by atoms with van der Waals surface area (Å²) in [4.78, 5) is 31.4. The van der Waals surface area contributed by atoms with Crippen molar-refractivity contribution in [2.24, 2.45) is 11.0 Å². The standard InChI is InChI=1S/C13H16N4O3/c1-3-20-12(18)5-4-10-9(2)16-17(13(10)19)11-6-7-14-8-15-11/h6-8,10H,3-5H2,1-2H3. The number of ether oxygens (including phenoxy) is 1. The van der Waals surface area contributed by atoms with Gasteiger partial charge in [0.05, 0.1) is 12.5 Å². The van der Waals surface area contributed by atoms with Crippen molar-refractivity contribution in [2.75, 3.05) is 11.6 Å². The molecule has 7 heteroatoms. The van der Waals surface area contributed by atoms with Gasteiger partial charge in [-0.3, -0.25) is 9.59 Å². The quantitative estimate of drug-likeness (QED) is 0.753. The van der Waals surface area contributed by atoms with Gasteiger partial charge in [0.1, 0.15) is 6.33 Å². The summed E-state index contributed by atoms with van der Waals surface area (Å²) in [6.45, 7) is 3.87. The maximum atomic E-state index is 12.3. The highest BCUT2D eigenvalue weighted by Crippen LogP contribution is 2.24. The van der Waals surface area contributed by atoms with Crippen LogP contribution in [0.1, 0.15) is 26.7 Å². The number of aromatic nitrogens is 2. The molecule has 0 radical (unpaired) electrons. The molecule has 106 valence electrons. The first-order valence-corrected chi connectivity index (χ1v) is 6.44. The Kier molecular flexibility index (Phi) is 4.39. The van der Waals surface area contributed by atoms with Crippen molar-refractivity contribution in [1.29, 1.82) is 0 Å². The van der Waals surface area contributed by atoms with Gasteiger partial charge in [0.15, 0.2) is 5.82 Å². The minimum absolute atomic E-state index is 0.175. The van der Waals surface area contributed by atoms with Crippen molar-refractivity contribution < 1.29 is 14.3 Å². The van der Waals surface area contributed by atoms with Crippen LogP contribution in [0, 0.1) is 5.92 Å². The van der Waals surface area contributed by atoms with Crippen LogP contribution < -0.4 is 5.01 Å². The first kappa shape index (κ1) is 14.1. The second-order valence-electron chi connectivity index (χ2n) is 4.36. The number of rotatable bonds is 5. The van der Waals surface area contributed by atoms with Crippen molar-refractivity contribution >= 4 is 23.4 Å². The lowest BCUT2D eigenvalue weighted by atomic mass is 9.98. The average Bonchev–Trinajstić information content (AvgIpc) is 2.73. The van der Waals surface area contributed by atoms with Crippen molar-refractivity contribution in [3.05, 3.63) is 18.6 Å². The molecule has 1 aliphatic heterocycles. The minimum Gasteiger partial charge on any atom is -0.466 e. The number of carbonyl (C=O) groups is 2. The topological polar surface area (TPSA) is 84.8 Å². The van der Waals surface area contributed by atoms with E-state index >= 15 is 0 Å². The zero-order valence-corrected chi connectivity index (χ0v) is 11.4. The molecule has 0 N–H and O–H groups in total. The van der Waals surface area contributed by atoms with E-state index in [4.69, 9.17) is 4.74 Å². The second-order valence-corrected chi connectivity index (χ2v) is 4.36. The summed E-state index contributed by atoms with van der Waals surface area (Å²) in [6, 6.07) is 1.61. The second kappa shape index (κ2) is 6.23. The molecule has 1 atom stereocenters. The van der Waals surface area contributed by atoms with Crippen molar-refractivity contribution in [1.82, 2.24) is 9.97 Å². The van der Waals surface area contributed by atoms with Crippen molar-refractivity contribution in [3.8, 4) is 0 Å². The highest BCUT2D eigenvalue weighted by Gasteiger charge is 2.35. The van der Waals surface area contributed by atoms with Crippen LogP contribution in [-0.2, 0) is 14.3 Å². The Morgan fingerprint density at radius 3 is 2.95 bits per heavy atom. The molecule has 1 aliphatic rings. The monoisotopic (exact) mass is 276 g/mol. The fourth-order valence-corrected chi connectivity index (χ4v) is 2.00. The Hall–Kier alpha value is -2.31. The van der Waals surface area contributed by atoms with Gasteiger partial charge in [-0.1, -0.05) is 0 Å². The van der Waals surface area contributed by atoms with Gasteiger partial charge in [-0.25, -0.2) is 9.97 Å².